The molecule has 0 aliphatic carbocycles. The Balaban J connectivity index is 1.45. The van der Waals surface area contributed by atoms with Crippen molar-refractivity contribution in [2.24, 2.45) is 0 Å². The number of rotatable bonds is 7. The maximum Gasteiger partial charge on any atom is 0.326 e. The van der Waals surface area contributed by atoms with Gasteiger partial charge in [-0.15, -0.1) is 0 Å². The Morgan fingerprint density at radius 3 is 2.70 bits per heavy atom. The molecule has 4 rings (SSSR count). The van der Waals surface area contributed by atoms with Crippen LogP contribution >= 0.6 is 0 Å². The van der Waals surface area contributed by atoms with E-state index in [0.29, 0.717) is 31.3 Å². The average molecular weight is 456 g/mol. The van der Waals surface area contributed by atoms with Gasteiger partial charge in [-0.05, 0) is 37.1 Å². The smallest absolute Gasteiger partial charge is 0.326 e. The lowest BCUT2D eigenvalue weighted by Gasteiger charge is -2.31. The Bertz CT molecular complexity index is 1150. The highest BCUT2D eigenvalue weighted by molar-refractivity contribution is 5.97. The summed E-state index contributed by atoms with van der Waals surface area (Å²) in [5.74, 6) is -2.86. The summed E-state index contributed by atoms with van der Waals surface area (Å²) in [7, 11) is 0. The van der Waals surface area contributed by atoms with Crippen molar-refractivity contribution in [3.63, 3.8) is 0 Å². The van der Waals surface area contributed by atoms with E-state index in [1.54, 1.807) is 24.3 Å². The Kier molecular flexibility index (Phi) is 5.77. The number of aromatic amines is 1. The predicted molar refractivity (Wildman–Crippen MR) is 116 cm³/mol. The second-order valence-electron chi connectivity index (χ2n) is 7.84. The third kappa shape index (κ3) is 4.51. The molecule has 2 atom stereocenters. The van der Waals surface area contributed by atoms with Gasteiger partial charge in [-0.1, -0.05) is 0 Å². The Labute approximate surface area is 187 Å². The van der Waals surface area contributed by atoms with Gasteiger partial charge in [0.2, 0.25) is 5.95 Å². The fraction of sp³-hybridized carbons (Fsp3) is 0.350. The van der Waals surface area contributed by atoms with Crippen LogP contribution in [-0.2, 0) is 9.59 Å². The van der Waals surface area contributed by atoms with Crippen molar-refractivity contribution in [3.05, 3.63) is 40.2 Å². The van der Waals surface area contributed by atoms with Crippen molar-refractivity contribution in [3.8, 4) is 0 Å². The molecule has 1 saturated heterocycles. The van der Waals surface area contributed by atoms with Crippen LogP contribution in [0.4, 0.5) is 23.1 Å². The molecule has 174 valence electrons. The number of carbonyl (C=O) groups excluding carboxylic acids is 2. The predicted octanol–water partition coefficient (Wildman–Crippen LogP) is -1.86. The number of aliphatic carboxylic acids is 2. The number of fused-ring (bicyclic) bond motifs is 3. The third-order valence-electron chi connectivity index (χ3n) is 5.64. The summed E-state index contributed by atoms with van der Waals surface area (Å²) in [4.78, 5) is 57.4. The number of amides is 1. The number of nitrogens with two attached hydrogens (primary N) is 1. The van der Waals surface area contributed by atoms with Crippen LogP contribution < -0.4 is 36.8 Å². The average Bonchev–Trinajstić information content (AvgIpc) is 3.20. The number of aromatic nitrogens is 2. The summed E-state index contributed by atoms with van der Waals surface area (Å²) < 4.78 is 0. The van der Waals surface area contributed by atoms with Crippen molar-refractivity contribution >= 4 is 41.0 Å². The zero-order valence-corrected chi connectivity index (χ0v) is 17.4. The van der Waals surface area contributed by atoms with Crippen LogP contribution in [0.2, 0.25) is 0 Å². The van der Waals surface area contributed by atoms with Crippen molar-refractivity contribution in [1.29, 1.82) is 0 Å². The molecule has 2 aliphatic rings. The minimum Gasteiger partial charge on any atom is -0.550 e. The maximum absolute atomic E-state index is 12.4. The van der Waals surface area contributed by atoms with Crippen LogP contribution in [0.1, 0.15) is 23.2 Å². The molecule has 3 heterocycles. The van der Waals surface area contributed by atoms with E-state index in [2.05, 4.69) is 20.6 Å². The number of carbonyl (C=O) groups is 3. The minimum absolute atomic E-state index is 0.0343. The van der Waals surface area contributed by atoms with E-state index in [9.17, 15) is 29.4 Å². The van der Waals surface area contributed by atoms with Gasteiger partial charge in [-0.2, -0.15) is 4.98 Å². The van der Waals surface area contributed by atoms with Gasteiger partial charge in [0.25, 0.3) is 11.5 Å². The molecule has 6 N–H and O–H groups in total. The largest absolute Gasteiger partial charge is 0.550 e. The van der Waals surface area contributed by atoms with Crippen molar-refractivity contribution in [1.82, 2.24) is 15.3 Å². The summed E-state index contributed by atoms with van der Waals surface area (Å²) >= 11 is 0. The molecular formula is C20H22N7O6-. The number of carboxylic acid groups (broad SMARTS) is 2. The molecule has 1 aromatic heterocycles. The quantitative estimate of drug-likeness (QED) is 0.313. The van der Waals surface area contributed by atoms with Crippen LogP contribution in [0, 0.1) is 0 Å². The Hall–Kier alpha value is -4.29. The van der Waals surface area contributed by atoms with Gasteiger partial charge >= 0.3 is 5.97 Å². The molecule has 1 amide bonds. The van der Waals surface area contributed by atoms with Crippen LogP contribution in [0.5, 0.6) is 0 Å². The van der Waals surface area contributed by atoms with Crippen molar-refractivity contribution in [2.45, 2.75) is 24.9 Å². The normalized spacial score (nSPS) is 17.5. The first-order chi connectivity index (χ1) is 15.7. The molecule has 1 unspecified atom stereocenters. The van der Waals surface area contributed by atoms with Gasteiger partial charge in [0.05, 0.1) is 12.7 Å². The van der Waals surface area contributed by atoms with E-state index in [0.717, 1.165) is 5.69 Å². The van der Waals surface area contributed by atoms with E-state index in [-0.39, 0.29) is 29.5 Å². The summed E-state index contributed by atoms with van der Waals surface area (Å²) in [6.07, 6.45) is -0.757. The Morgan fingerprint density at radius 2 is 2.03 bits per heavy atom. The number of H-pyrrole nitrogens is 1. The standard InChI is InChI=1S/C20H23N7O6/c21-20-24-16-15(18(31)25-20)27-9-26(8-12(27)7-22-16)11-3-1-10(2-4-11)17(30)23-13(19(32)33)5-6-14(28)29/h1-4,12-13H,5-9H2,(H,23,30)(H,28,29)(H,32,33)(H4,21,22,24,25,31)/p-1/t12-,13?/m1/s1. The first kappa shape index (κ1) is 21.9. The summed E-state index contributed by atoms with van der Waals surface area (Å²) in [5, 5.41) is 25.2. The van der Waals surface area contributed by atoms with Crippen molar-refractivity contribution in [2.75, 3.05) is 40.6 Å². The monoisotopic (exact) mass is 456 g/mol. The fourth-order valence-corrected chi connectivity index (χ4v) is 4.00. The van der Waals surface area contributed by atoms with E-state index in [4.69, 9.17) is 5.73 Å². The Morgan fingerprint density at radius 1 is 1.30 bits per heavy atom. The summed E-state index contributed by atoms with van der Waals surface area (Å²) in [6, 6.07) is 5.26. The topological polar surface area (TPSA) is 197 Å². The molecule has 1 fully saturated rings. The molecule has 33 heavy (non-hydrogen) atoms. The lowest BCUT2D eigenvalue weighted by molar-refractivity contribution is -0.305. The van der Waals surface area contributed by atoms with E-state index >= 15 is 0 Å². The molecule has 0 spiro atoms. The number of anilines is 4. The lowest BCUT2D eigenvalue weighted by atomic mass is 10.1. The number of hydrogen-bond acceptors (Lipinski definition) is 10. The highest BCUT2D eigenvalue weighted by Gasteiger charge is 2.37. The molecule has 1 aromatic carbocycles. The molecule has 13 nitrogen and oxygen atoms in total. The SMILES string of the molecule is Nc1nc2c(c(=O)[nH]1)N1CN(c3ccc(C(=O)NC(CCC(=O)[O-])C(=O)O)cc3)C[C@H]1CN2. The molecule has 13 heteroatoms. The number of nitrogen functional groups attached to an aromatic ring is 1. The highest BCUT2D eigenvalue weighted by Crippen LogP contribution is 2.32. The maximum atomic E-state index is 12.4. The second kappa shape index (κ2) is 8.68. The van der Waals surface area contributed by atoms with Gasteiger partial charge in [0.1, 0.15) is 11.7 Å². The molecule has 0 radical (unpaired) electrons. The first-order valence-corrected chi connectivity index (χ1v) is 10.2. The van der Waals surface area contributed by atoms with E-state index < -0.39 is 30.3 Å². The zero-order chi connectivity index (χ0) is 23.7. The molecular weight excluding hydrogens is 434 g/mol. The fourth-order valence-electron chi connectivity index (χ4n) is 4.00. The lowest BCUT2D eigenvalue weighted by Crippen LogP contribution is -2.44. The van der Waals surface area contributed by atoms with Gasteiger partial charge in [0, 0.05) is 30.3 Å². The van der Waals surface area contributed by atoms with Crippen LogP contribution in [-0.4, -0.2) is 64.8 Å². The molecule has 2 aromatic rings. The number of nitrogens with zero attached hydrogens (tertiary/aromatic N) is 3. The minimum atomic E-state index is -1.39. The van der Waals surface area contributed by atoms with Gasteiger partial charge in [0.15, 0.2) is 5.82 Å². The number of hydrogen-bond donors (Lipinski definition) is 5. The highest BCUT2D eigenvalue weighted by atomic mass is 16.4. The van der Waals surface area contributed by atoms with Crippen molar-refractivity contribution < 1.29 is 24.6 Å². The first-order valence-electron chi connectivity index (χ1n) is 10.2. The molecule has 0 bridgehead atoms. The summed E-state index contributed by atoms with van der Waals surface area (Å²) in [6.45, 7) is 1.65. The number of benzene rings is 1. The van der Waals surface area contributed by atoms with Crippen LogP contribution in [0.3, 0.4) is 0 Å². The van der Waals surface area contributed by atoms with E-state index in [1.165, 1.54) is 0 Å². The van der Waals surface area contributed by atoms with E-state index in [1.807, 2.05) is 9.80 Å². The third-order valence-corrected chi connectivity index (χ3v) is 5.64. The summed E-state index contributed by atoms with van der Waals surface area (Å²) in [5.41, 5.74) is 6.77. The van der Waals surface area contributed by atoms with Gasteiger partial charge in [-0.3, -0.25) is 14.6 Å². The van der Waals surface area contributed by atoms with Crippen LogP contribution in [0.15, 0.2) is 29.1 Å². The molecule has 2 aliphatic heterocycles. The van der Waals surface area contributed by atoms with Gasteiger partial charge in [-0.25, -0.2) is 4.79 Å². The van der Waals surface area contributed by atoms with Gasteiger partial charge < -0.3 is 41.2 Å². The zero-order valence-electron chi connectivity index (χ0n) is 17.4. The van der Waals surface area contributed by atoms with Crippen LogP contribution in [0.25, 0.3) is 0 Å². The number of carboxylic acids is 2. The molecule has 0 saturated carbocycles. The second-order valence-corrected chi connectivity index (χ2v) is 7.84. The number of nitrogens with one attached hydrogen (secondary N) is 3.